The predicted octanol–water partition coefficient (Wildman–Crippen LogP) is 3.07. The number of amidine groups is 1. The first-order chi connectivity index (χ1) is 8.63. The Morgan fingerprint density at radius 2 is 2.22 bits per heavy atom. The summed E-state index contributed by atoms with van der Waals surface area (Å²) in [6, 6.07) is 5.72. The van der Waals surface area contributed by atoms with E-state index in [2.05, 4.69) is 19.0 Å². The molecule has 0 saturated carbocycles. The maximum absolute atomic E-state index is 8.89. The van der Waals surface area contributed by atoms with E-state index in [4.69, 9.17) is 15.7 Å². The van der Waals surface area contributed by atoms with Gasteiger partial charge in [0.2, 0.25) is 0 Å². The summed E-state index contributed by atoms with van der Waals surface area (Å²) in [5.74, 6) is 1.67. The highest BCUT2D eigenvalue weighted by Crippen LogP contribution is 2.30. The van der Waals surface area contributed by atoms with E-state index in [0.717, 1.165) is 17.1 Å². The van der Waals surface area contributed by atoms with Crippen LogP contribution in [0.4, 0.5) is 0 Å². The molecular formula is C13H20N2O2S. The van der Waals surface area contributed by atoms with Crippen LogP contribution in [0.2, 0.25) is 0 Å². The molecule has 18 heavy (non-hydrogen) atoms. The first kappa shape index (κ1) is 14.7. The number of oxime groups is 1. The lowest BCUT2D eigenvalue weighted by atomic mass is 10.1. The standard InChI is InChI=1S/C13H20N2O2S/c1-4-9(3)17-10-7-6-8-11(18-5-2)12(10)13(14)15-16/h6-9,16H,4-5H2,1-3H3,(H2,14,15). The van der Waals surface area contributed by atoms with E-state index >= 15 is 0 Å². The van der Waals surface area contributed by atoms with Crippen LogP contribution in [-0.4, -0.2) is 22.9 Å². The monoisotopic (exact) mass is 268 g/mol. The van der Waals surface area contributed by atoms with Crippen molar-refractivity contribution in [2.75, 3.05) is 5.75 Å². The zero-order valence-electron chi connectivity index (χ0n) is 11.0. The maximum atomic E-state index is 8.89. The van der Waals surface area contributed by atoms with Gasteiger partial charge in [-0.25, -0.2) is 0 Å². The molecule has 1 rings (SSSR count). The lowest BCUT2D eigenvalue weighted by molar-refractivity contribution is 0.216. The summed E-state index contributed by atoms with van der Waals surface area (Å²) in [5.41, 5.74) is 6.42. The van der Waals surface area contributed by atoms with Crippen LogP contribution < -0.4 is 10.5 Å². The Balaban J connectivity index is 3.19. The minimum atomic E-state index is 0.0878. The molecule has 0 amide bonds. The number of ether oxygens (including phenoxy) is 1. The highest BCUT2D eigenvalue weighted by atomic mass is 32.2. The molecule has 0 saturated heterocycles. The van der Waals surface area contributed by atoms with Crippen molar-refractivity contribution in [3.63, 3.8) is 0 Å². The molecule has 0 heterocycles. The van der Waals surface area contributed by atoms with Crippen LogP contribution in [0, 0.1) is 0 Å². The molecular weight excluding hydrogens is 248 g/mol. The molecule has 0 bridgehead atoms. The molecule has 100 valence electrons. The molecule has 0 fully saturated rings. The van der Waals surface area contributed by atoms with E-state index in [0.29, 0.717) is 11.3 Å². The Morgan fingerprint density at radius 3 is 2.78 bits per heavy atom. The summed E-state index contributed by atoms with van der Waals surface area (Å²) in [7, 11) is 0. The summed E-state index contributed by atoms with van der Waals surface area (Å²) < 4.78 is 5.82. The van der Waals surface area contributed by atoms with Gasteiger partial charge in [0, 0.05) is 4.90 Å². The van der Waals surface area contributed by atoms with Crippen LogP contribution in [0.5, 0.6) is 5.75 Å². The van der Waals surface area contributed by atoms with E-state index in [-0.39, 0.29) is 11.9 Å². The Labute approximate surface area is 112 Å². The highest BCUT2D eigenvalue weighted by molar-refractivity contribution is 7.99. The summed E-state index contributed by atoms with van der Waals surface area (Å²) in [5, 5.41) is 12.0. The van der Waals surface area contributed by atoms with Gasteiger partial charge in [0.25, 0.3) is 0 Å². The Hall–Kier alpha value is -1.36. The molecule has 0 aliphatic rings. The van der Waals surface area contributed by atoms with Crippen molar-refractivity contribution in [2.24, 2.45) is 10.9 Å². The van der Waals surface area contributed by atoms with Gasteiger partial charge in [0.1, 0.15) is 5.75 Å². The first-order valence-corrected chi connectivity index (χ1v) is 7.02. The number of rotatable bonds is 6. The Kier molecular flexibility index (Phi) is 5.85. The fraction of sp³-hybridized carbons (Fsp3) is 0.462. The van der Waals surface area contributed by atoms with Gasteiger partial charge < -0.3 is 15.7 Å². The third-order valence-electron chi connectivity index (χ3n) is 2.55. The number of nitrogens with zero attached hydrogens (tertiary/aromatic N) is 1. The SMILES string of the molecule is CCSc1cccc(OC(C)CC)c1/C(N)=N/O. The van der Waals surface area contributed by atoms with Gasteiger partial charge in [0.15, 0.2) is 5.84 Å². The minimum Gasteiger partial charge on any atom is -0.490 e. The van der Waals surface area contributed by atoms with Gasteiger partial charge >= 0.3 is 0 Å². The van der Waals surface area contributed by atoms with E-state index in [1.807, 2.05) is 25.1 Å². The topological polar surface area (TPSA) is 67.8 Å². The second kappa shape index (κ2) is 7.16. The van der Waals surface area contributed by atoms with Gasteiger partial charge in [-0.1, -0.05) is 25.1 Å². The average Bonchev–Trinajstić information content (AvgIpc) is 2.38. The molecule has 0 aliphatic heterocycles. The highest BCUT2D eigenvalue weighted by Gasteiger charge is 2.15. The number of hydrogen-bond donors (Lipinski definition) is 2. The fourth-order valence-electron chi connectivity index (χ4n) is 1.49. The second-order valence-electron chi connectivity index (χ2n) is 3.88. The lowest BCUT2D eigenvalue weighted by Gasteiger charge is -2.17. The van der Waals surface area contributed by atoms with Crippen molar-refractivity contribution in [1.29, 1.82) is 0 Å². The molecule has 0 spiro atoms. The fourth-order valence-corrected chi connectivity index (χ4v) is 2.32. The van der Waals surface area contributed by atoms with Crippen LogP contribution in [0.3, 0.4) is 0 Å². The van der Waals surface area contributed by atoms with Crippen LogP contribution in [0.1, 0.15) is 32.8 Å². The van der Waals surface area contributed by atoms with Gasteiger partial charge in [-0.3, -0.25) is 0 Å². The quantitative estimate of drug-likeness (QED) is 0.273. The Morgan fingerprint density at radius 1 is 1.50 bits per heavy atom. The van der Waals surface area contributed by atoms with E-state index < -0.39 is 0 Å². The summed E-state index contributed by atoms with van der Waals surface area (Å²) in [6.45, 7) is 6.11. The van der Waals surface area contributed by atoms with Crippen molar-refractivity contribution in [3.8, 4) is 5.75 Å². The molecule has 1 aromatic rings. The minimum absolute atomic E-state index is 0.0878. The van der Waals surface area contributed by atoms with Gasteiger partial charge in [0.05, 0.1) is 11.7 Å². The molecule has 0 aliphatic carbocycles. The Bertz CT molecular complexity index is 421. The first-order valence-electron chi connectivity index (χ1n) is 6.04. The molecule has 1 atom stereocenters. The van der Waals surface area contributed by atoms with Gasteiger partial charge in [-0.2, -0.15) is 0 Å². The largest absolute Gasteiger partial charge is 0.490 e. The molecule has 4 nitrogen and oxygen atoms in total. The van der Waals surface area contributed by atoms with Crippen molar-refractivity contribution in [3.05, 3.63) is 23.8 Å². The van der Waals surface area contributed by atoms with Gasteiger partial charge in [-0.05, 0) is 31.2 Å². The molecule has 0 radical (unpaired) electrons. The maximum Gasteiger partial charge on any atom is 0.174 e. The molecule has 1 unspecified atom stereocenters. The van der Waals surface area contributed by atoms with Crippen LogP contribution in [0.25, 0.3) is 0 Å². The number of hydrogen-bond acceptors (Lipinski definition) is 4. The normalized spacial score (nSPS) is 13.4. The van der Waals surface area contributed by atoms with Crippen molar-refractivity contribution in [2.45, 2.75) is 38.2 Å². The van der Waals surface area contributed by atoms with E-state index in [1.54, 1.807) is 11.8 Å². The lowest BCUT2D eigenvalue weighted by Crippen LogP contribution is -2.19. The number of nitrogens with two attached hydrogens (primary N) is 1. The third kappa shape index (κ3) is 3.57. The van der Waals surface area contributed by atoms with Crippen LogP contribution >= 0.6 is 11.8 Å². The van der Waals surface area contributed by atoms with E-state index in [1.165, 1.54) is 0 Å². The van der Waals surface area contributed by atoms with Gasteiger partial charge in [-0.15, -0.1) is 11.8 Å². The zero-order chi connectivity index (χ0) is 13.5. The smallest absolute Gasteiger partial charge is 0.174 e. The molecule has 5 heteroatoms. The second-order valence-corrected chi connectivity index (χ2v) is 5.19. The zero-order valence-corrected chi connectivity index (χ0v) is 11.8. The molecule has 0 aromatic heterocycles. The molecule has 1 aromatic carbocycles. The van der Waals surface area contributed by atoms with Crippen LogP contribution in [-0.2, 0) is 0 Å². The summed E-state index contributed by atoms with van der Waals surface area (Å²) >= 11 is 1.64. The molecule has 3 N–H and O–H groups in total. The van der Waals surface area contributed by atoms with E-state index in [9.17, 15) is 0 Å². The number of benzene rings is 1. The average molecular weight is 268 g/mol. The van der Waals surface area contributed by atoms with Crippen molar-refractivity contribution < 1.29 is 9.94 Å². The predicted molar refractivity (Wildman–Crippen MR) is 75.7 cm³/mol. The summed E-state index contributed by atoms with van der Waals surface area (Å²) in [6.07, 6.45) is 0.998. The summed E-state index contributed by atoms with van der Waals surface area (Å²) in [4.78, 5) is 0.966. The van der Waals surface area contributed by atoms with Crippen LogP contribution in [0.15, 0.2) is 28.3 Å². The number of thioether (sulfide) groups is 1. The van der Waals surface area contributed by atoms with Crippen molar-refractivity contribution >= 4 is 17.6 Å². The van der Waals surface area contributed by atoms with Crippen molar-refractivity contribution in [1.82, 2.24) is 0 Å². The third-order valence-corrected chi connectivity index (χ3v) is 3.49.